The lowest BCUT2D eigenvalue weighted by molar-refractivity contribution is -0.142. The zero-order valence-corrected chi connectivity index (χ0v) is 13.5. The fourth-order valence-electron chi connectivity index (χ4n) is 3.15. The monoisotopic (exact) mass is 335 g/mol. The standard InChI is InChI=1S/C17H18ClNO4/c1-9-13-8-11(18)4-7-14(13)23-15(9)16(20)19-12-5-2-10(3-6-12)17(21)22/h4,7-8,10,12H,2-3,5-6H2,1H3,(H,19,20)(H,21,22). The first-order valence-electron chi connectivity index (χ1n) is 7.68. The maximum atomic E-state index is 12.4. The molecule has 0 spiro atoms. The molecule has 6 heteroatoms. The molecule has 1 amide bonds. The summed E-state index contributed by atoms with van der Waals surface area (Å²) in [6, 6.07) is 5.25. The second-order valence-corrected chi connectivity index (χ2v) is 6.49. The van der Waals surface area contributed by atoms with E-state index in [0.29, 0.717) is 42.0 Å². The number of halogens is 1. The van der Waals surface area contributed by atoms with Gasteiger partial charge in [0, 0.05) is 22.0 Å². The molecule has 1 aliphatic carbocycles. The average molecular weight is 336 g/mol. The molecule has 0 bridgehead atoms. The number of hydrogen-bond acceptors (Lipinski definition) is 3. The van der Waals surface area contributed by atoms with Crippen molar-refractivity contribution in [3.8, 4) is 0 Å². The highest BCUT2D eigenvalue weighted by molar-refractivity contribution is 6.31. The number of amides is 1. The van der Waals surface area contributed by atoms with Gasteiger partial charge in [-0.3, -0.25) is 9.59 Å². The topological polar surface area (TPSA) is 79.5 Å². The summed E-state index contributed by atoms with van der Waals surface area (Å²) in [7, 11) is 0. The molecule has 0 atom stereocenters. The summed E-state index contributed by atoms with van der Waals surface area (Å²) in [6.45, 7) is 1.83. The molecule has 23 heavy (non-hydrogen) atoms. The van der Waals surface area contributed by atoms with E-state index >= 15 is 0 Å². The van der Waals surface area contributed by atoms with Crippen LogP contribution in [0.1, 0.15) is 41.8 Å². The Kier molecular flexibility index (Phi) is 4.31. The summed E-state index contributed by atoms with van der Waals surface area (Å²) in [6.07, 6.45) is 2.53. The molecule has 1 heterocycles. The summed E-state index contributed by atoms with van der Waals surface area (Å²) in [4.78, 5) is 23.4. The number of carboxylic acids is 1. The maximum Gasteiger partial charge on any atom is 0.306 e. The molecule has 0 saturated heterocycles. The Morgan fingerprint density at radius 2 is 1.96 bits per heavy atom. The van der Waals surface area contributed by atoms with Crippen LogP contribution in [-0.2, 0) is 4.79 Å². The number of benzene rings is 1. The smallest absolute Gasteiger partial charge is 0.306 e. The van der Waals surface area contributed by atoms with Crippen LogP contribution in [0.4, 0.5) is 0 Å². The Balaban J connectivity index is 1.72. The molecular formula is C17H18ClNO4. The van der Waals surface area contributed by atoms with Crippen LogP contribution >= 0.6 is 11.6 Å². The molecule has 1 fully saturated rings. The highest BCUT2D eigenvalue weighted by atomic mass is 35.5. The van der Waals surface area contributed by atoms with Gasteiger partial charge in [0.1, 0.15) is 5.58 Å². The Labute approximate surface area is 138 Å². The van der Waals surface area contributed by atoms with Crippen LogP contribution in [0.15, 0.2) is 22.6 Å². The van der Waals surface area contributed by atoms with E-state index < -0.39 is 5.97 Å². The largest absolute Gasteiger partial charge is 0.481 e. The lowest BCUT2D eigenvalue weighted by Crippen LogP contribution is -2.38. The van der Waals surface area contributed by atoms with Crippen molar-refractivity contribution in [1.82, 2.24) is 5.32 Å². The van der Waals surface area contributed by atoms with Gasteiger partial charge in [-0.1, -0.05) is 11.6 Å². The zero-order valence-electron chi connectivity index (χ0n) is 12.8. The number of carboxylic acid groups (broad SMARTS) is 1. The van der Waals surface area contributed by atoms with E-state index in [2.05, 4.69) is 5.32 Å². The minimum absolute atomic E-state index is 0.00528. The van der Waals surface area contributed by atoms with Crippen molar-refractivity contribution in [2.45, 2.75) is 38.6 Å². The van der Waals surface area contributed by atoms with E-state index in [9.17, 15) is 9.59 Å². The third-order valence-corrected chi connectivity index (χ3v) is 4.75. The Morgan fingerprint density at radius 3 is 2.61 bits per heavy atom. The van der Waals surface area contributed by atoms with Crippen molar-refractivity contribution in [2.24, 2.45) is 5.92 Å². The molecule has 0 aliphatic heterocycles. The van der Waals surface area contributed by atoms with E-state index in [-0.39, 0.29) is 17.9 Å². The minimum atomic E-state index is -0.750. The number of aliphatic carboxylic acids is 1. The van der Waals surface area contributed by atoms with Crippen LogP contribution in [0.5, 0.6) is 0 Å². The number of rotatable bonds is 3. The quantitative estimate of drug-likeness (QED) is 0.894. The lowest BCUT2D eigenvalue weighted by atomic mass is 9.86. The van der Waals surface area contributed by atoms with Gasteiger partial charge in [-0.05, 0) is 50.8 Å². The van der Waals surface area contributed by atoms with Gasteiger partial charge in [-0.2, -0.15) is 0 Å². The van der Waals surface area contributed by atoms with Crippen LogP contribution in [0.25, 0.3) is 11.0 Å². The summed E-state index contributed by atoms with van der Waals surface area (Å²) in [5.74, 6) is -1.01. The summed E-state index contributed by atoms with van der Waals surface area (Å²) >= 11 is 5.98. The summed E-state index contributed by atoms with van der Waals surface area (Å²) in [5, 5.41) is 13.4. The minimum Gasteiger partial charge on any atom is -0.481 e. The third-order valence-electron chi connectivity index (χ3n) is 4.52. The van der Waals surface area contributed by atoms with Gasteiger partial charge >= 0.3 is 5.97 Å². The second-order valence-electron chi connectivity index (χ2n) is 6.06. The van der Waals surface area contributed by atoms with E-state index in [1.165, 1.54) is 0 Å². The highest BCUT2D eigenvalue weighted by Crippen LogP contribution is 2.29. The molecule has 5 nitrogen and oxygen atoms in total. The molecule has 122 valence electrons. The molecule has 1 aromatic heterocycles. The van der Waals surface area contributed by atoms with E-state index in [1.54, 1.807) is 18.2 Å². The fraction of sp³-hybridized carbons (Fsp3) is 0.412. The van der Waals surface area contributed by atoms with Crippen molar-refractivity contribution in [3.63, 3.8) is 0 Å². The van der Waals surface area contributed by atoms with Gasteiger partial charge in [0.15, 0.2) is 5.76 Å². The predicted octanol–water partition coefficient (Wildman–Crippen LogP) is 3.77. The number of carbonyl (C=O) groups excluding carboxylic acids is 1. The molecule has 1 saturated carbocycles. The van der Waals surface area contributed by atoms with Crippen LogP contribution in [0.3, 0.4) is 0 Å². The number of fused-ring (bicyclic) bond motifs is 1. The first-order valence-corrected chi connectivity index (χ1v) is 8.06. The zero-order chi connectivity index (χ0) is 16.6. The number of aryl methyl sites for hydroxylation is 1. The Bertz CT molecular complexity index is 759. The maximum absolute atomic E-state index is 12.4. The lowest BCUT2D eigenvalue weighted by Gasteiger charge is -2.26. The van der Waals surface area contributed by atoms with Crippen LogP contribution in [-0.4, -0.2) is 23.0 Å². The Morgan fingerprint density at radius 1 is 1.26 bits per heavy atom. The van der Waals surface area contributed by atoms with Gasteiger partial charge in [0.25, 0.3) is 5.91 Å². The molecule has 2 N–H and O–H groups in total. The summed E-state index contributed by atoms with van der Waals surface area (Å²) < 4.78 is 5.65. The second kappa shape index (κ2) is 6.24. The van der Waals surface area contributed by atoms with Crippen molar-refractivity contribution in [1.29, 1.82) is 0 Å². The molecule has 1 aliphatic rings. The first kappa shape index (κ1) is 15.9. The van der Waals surface area contributed by atoms with Gasteiger partial charge in [-0.15, -0.1) is 0 Å². The van der Waals surface area contributed by atoms with Crippen LogP contribution in [0.2, 0.25) is 5.02 Å². The SMILES string of the molecule is Cc1c(C(=O)NC2CCC(C(=O)O)CC2)oc2ccc(Cl)cc12. The molecule has 0 radical (unpaired) electrons. The van der Waals surface area contributed by atoms with Crippen LogP contribution in [0, 0.1) is 12.8 Å². The third kappa shape index (κ3) is 3.20. The normalized spacial score (nSPS) is 21.3. The van der Waals surface area contributed by atoms with Crippen molar-refractivity contribution in [3.05, 3.63) is 34.5 Å². The van der Waals surface area contributed by atoms with Crippen molar-refractivity contribution >= 4 is 34.4 Å². The van der Waals surface area contributed by atoms with E-state index in [4.69, 9.17) is 21.1 Å². The number of nitrogens with one attached hydrogen (secondary N) is 1. The number of carbonyl (C=O) groups is 2. The van der Waals surface area contributed by atoms with E-state index in [0.717, 1.165) is 10.9 Å². The van der Waals surface area contributed by atoms with Crippen LogP contribution < -0.4 is 5.32 Å². The Hall–Kier alpha value is -2.01. The van der Waals surface area contributed by atoms with Gasteiger partial charge in [0.2, 0.25) is 0 Å². The van der Waals surface area contributed by atoms with Gasteiger partial charge < -0.3 is 14.8 Å². The molecular weight excluding hydrogens is 318 g/mol. The molecule has 3 rings (SSSR count). The van der Waals surface area contributed by atoms with Crippen molar-refractivity contribution < 1.29 is 19.1 Å². The highest BCUT2D eigenvalue weighted by Gasteiger charge is 2.28. The number of furan rings is 1. The average Bonchev–Trinajstić information content (AvgIpc) is 2.85. The predicted molar refractivity (Wildman–Crippen MR) is 86.8 cm³/mol. The van der Waals surface area contributed by atoms with Crippen molar-refractivity contribution in [2.75, 3.05) is 0 Å². The number of hydrogen-bond donors (Lipinski definition) is 2. The molecule has 1 aromatic carbocycles. The molecule has 0 unspecified atom stereocenters. The first-order chi connectivity index (χ1) is 11.0. The summed E-state index contributed by atoms with van der Waals surface area (Å²) in [5.41, 5.74) is 1.39. The van der Waals surface area contributed by atoms with Gasteiger partial charge in [-0.25, -0.2) is 0 Å². The molecule has 2 aromatic rings. The van der Waals surface area contributed by atoms with E-state index in [1.807, 2.05) is 6.92 Å². The fourth-order valence-corrected chi connectivity index (χ4v) is 3.32. The van der Waals surface area contributed by atoms with Gasteiger partial charge in [0.05, 0.1) is 5.92 Å².